The topological polar surface area (TPSA) is 75.6 Å². The fraction of sp³-hybridized carbons (Fsp3) is 0.333. The van der Waals surface area contributed by atoms with Crippen LogP contribution in [0.1, 0.15) is 42.3 Å². The predicted molar refractivity (Wildman–Crippen MR) is 101 cm³/mol. The molecule has 0 aromatic heterocycles. The van der Waals surface area contributed by atoms with Crippen LogP contribution in [-0.2, 0) is 11.2 Å². The van der Waals surface area contributed by atoms with E-state index in [1.54, 1.807) is 18.2 Å². The standard InChI is InChI=1S/C21H25NO4/c1-14-6-5-7-16(12-14)19(23)22-18(20(24)25)13-15-8-10-17(11-9-15)26-21(2,3)4/h5-12,18H,13H2,1-4H3,(H,22,23)(H,24,25). The molecule has 0 heterocycles. The van der Waals surface area contributed by atoms with Crippen LogP contribution in [0, 0.1) is 6.92 Å². The third-order valence-corrected chi connectivity index (χ3v) is 3.67. The maximum atomic E-state index is 12.3. The van der Waals surface area contributed by atoms with E-state index in [0.29, 0.717) is 5.56 Å². The van der Waals surface area contributed by atoms with E-state index in [9.17, 15) is 14.7 Å². The number of hydrogen-bond donors (Lipinski definition) is 2. The Morgan fingerprint density at radius 1 is 1.12 bits per heavy atom. The van der Waals surface area contributed by atoms with Crippen LogP contribution in [0.3, 0.4) is 0 Å². The number of ether oxygens (including phenoxy) is 1. The van der Waals surface area contributed by atoms with E-state index in [0.717, 1.165) is 16.9 Å². The molecule has 2 aromatic rings. The van der Waals surface area contributed by atoms with Gasteiger partial charge in [-0.2, -0.15) is 0 Å². The number of amides is 1. The number of rotatable bonds is 6. The third kappa shape index (κ3) is 5.92. The van der Waals surface area contributed by atoms with Gasteiger partial charge in [-0.3, -0.25) is 4.79 Å². The molecule has 1 unspecified atom stereocenters. The molecule has 2 aromatic carbocycles. The maximum absolute atomic E-state index is 12.3. The SMILES string of the molecule is Cc1cccc(C(=O)NC(Cc2ccc(OC(C)(C)C)cc2)C(=O)O)c1. The lowest BCUT2D eigenvalue weighted by molar-refractivity contribution is -0.139. The first-order valence-corrected chi connectivity index (χ1v) is 8.52. The number of carboxylic acid groups (broad SMARTS) is 1. The highest BCUT2D eigenvalue weighted by atomic mass is 16.5. The van der Waals surface area contributed by atoms with Crippen molar-refractivity contribution in [3.63, 3.8) is 0 Å². The van der Waals surface area contributed by atoms with Crippen molar-refractivity contribution in [1.29, 1.82) is 0 Å². The molecule has 5 nitrogen and oxygen atoms in total. The lowest BCUT2D eigenvalue weighted by Gasteiger charge is -2.21. The van der Waals surface area contributed by atoms with E-state index < -0.39 is 17.9 Å². The van der Waals surface area contributed by atoms with E-state index in [4.69, 9.17) is 4.74 Å². The molecule has 0 aliphatic rings. The minimum absolute atomic E-state index is 0.197. The molecule has 138 valence electrons. The zero-order chi connectivity index (χ0) is 19.3. The van der Waals surface area contributed by atoms with Crippen molar-refractivity contribution in [3.8, 4) is 5.75 Å². The average Bonchev–Trinajstić information content (AvgIpc) is 2.54. The molecule has 0 saturated carbocycles. The zero-order valence-electron chi connectivity index (χ0n) is 15.6. The summed E-state index contributed by atoms with van der Waals surface area (Å²) in [6, 6.07) is 13.3. The van der Waals surface area contributed by atoms with Crippen LogP contribution in [0.15, 0.2) is 48.5 Å². The van der Waals surface area contributed by atoms with Crippen molar-refractivity contribution < 1.29 is 19.4 Å². The highest BCUT2D eigenvalue weighted by Gasteiger charge is 2.21. The Labute approximate surface area is 154 Å². The Kier molecular flexibility index (Phi) is 6.03. The minimum atomic E-state index is -1.07. The summed E-state index contributed by atoms with van der Waals surface area (Å²) in [5.74, 6) is -0.744. The summed E-state index contributed by atoms with van der Waals surface area (Å²) in [5.41, 5.74) is 1.90. The van der Waals surface area contributed by atoms with Crippen molar-refractivity contribution in [1.82, 2.24) is 5.32 Å². The molecule has 0 fully saturated rings. The van der Waals surface area contributed by atoms with Gasteiger partial charge in [-0.05, 0) is 57.5 Å². The van der Waals surface area contributed by atoms with Gasteiger partial charge < -0.3 is 15.2 Å². The van der Waals surface area contributed by atoms with Crippen LogP contribution in [0.2, 0.25) is 0 Å². The van der Waals surface area contributed by atoms with Crippen LogP contribution in [0.5, 0.6) is 5.75 Å². The molecule has 1 amide bonds. The second-order valence-electron chi connectivity index (χ2n) is 7.30. The second kappa shape index (κ2) is 8.04. The average molecular weight is 355 g/mol. The van der Waals surface area contributed by atoms with E-state index >= 15 is 0 Å². The first-order chi connectivity index (χ1) is 12.1. The molecule has 2 N–H and O–H groups in total. The van der Waals surface area contributed by atoms with Crippen LogP contribution >= 0.6 is 0 Å². The van der Waals surface area contributed by atoms with E-state index in [1.807, 2.05) is 58.0 Å². The Morgan fingerprint density at radius 3 is 2.31 bits per heavy atom. The highest BCUT2D eigenvalue weighted by Crippen LogP contribution is 2.19. The summed E-state index contributed by atoms with van der Waals surface area (Å²) in [7, 11) is 0. The first-order valence-electron chi connectivity index (χ1n) is 8.52. The Morgan fingerprint density at radius 2 is 1.77 bits per heavy atom. The van der Waals surface area contributed by atoms with E-state index in [2.05, 4.69) is 5.32 Å². The number of nitrogens with one attached hydrogen (secondary N) is 1. The predicted octanol–water partition coefficient (Wildman–Crippen LogP) is 3.60. The van der Waals surface area contributed by atoms with Crippen LogP contribution in [-0.4, -0.2) is 28.6 Å². The van der Waals surface area contributed by atoms with Gasteiger partial charge in [0.1, 0.15) is 17.4 Å². The van der Waals surface area contributed by atoms with Gasteiger partial charge >= 0.3 is 5.97 Å². The summed E-state index contributed by atoms with van der Waals surface area (Å²) in [5, 5.41) is 12.0. The molecule has 2 rings (SSSR count). The normalized spacial score (nSPS) is 12.3. The van der Waals surface area contributed by atoms with Crippen molar-refractivity contribution in [2.24, 2.45) is 0 Å². The quantitative estimate of drug-likeness (QED) is 0.830. The number of carbonyl (C=O) groups excluding carboxylic acids is 1. The molecular formula is C21H25NO4. The number of benzene rings is 2. The Balaban J connectivity index is 2.06. The minimum Gasteiger partial charge on any atom is -0.488 e. The Hall–Kier alpha value is -2.82. The first kappa shape index (κ1) is 19.5. The monoisotopic (exact) mass is 355 g/mol. The number of aryl methyl sites for hydroxylation is 1. The fourth-order valence-electron chi connectivity index (χ4n) is 2.51. The zero-order valence-corrected chi connectivity index (χ0v) is 15.6. The van der Waals surface area contributed by atoms with Crippen molar-refractivity contribution >= 4 is 11.9 Å². The van der Waals surface area contributed by atoms with Gasteiger partial charge in [0, 0.05) is 12.0 Å². The van der Waals surface area contributed by atoms with Crippen molar-refractivity contribution in [3.05, 3.63) is 65.2 Å². The largest absolute Gasteiger partial charge is 0.488 e. The molecule has 0 bridgehead atoms. The van der Waals surface area contributed by atoms with E-state index in [1.165, 1.54) is 0 Å². The molecule has 0 aliphatic heterocycles. The van der Waals surface area contributed by atoms with Crippen LogP contribution in [0.4, 0.5) is 0 Å². The molecule has 0 aliphatic carbocycles. The maximum Gasteiger partial charge on any atom is 0.326 e. The summed E-state index contributed by atoms with van der Waals surface area (Å²) >= 11 is 0. The number of carboxylic acids is 1. The lowest BCUT2D eigenvalue weighted by Crippen LogP contribution is -2.42. The van der Waals surface area contributed by atoms with Crippen molar-refractivity contribution in [2.45, 2.75) is 45.8 Å². The molecule has 0 radical (unpaired) electrons. The highest BCUT2D eigenvalue weighted by molar-refractivity contribution is 5.96. The Bertz CT molecular complexity index is 775. The summed E-state index contributed by atoms with van der Waals surface area (Å²) in [6.45, 7) is 7.76. The third-order valence-electron chi connectivity index (χ3n) is 3.67. The van der Waals surface area contributed by atoms with Gasteiger partial charge in [0.25, 0.3) is 5.91 Å². The molecule has 0 saturated heterocycles. The molecule has 5 heteroatoms. The van der Waals surface area contributed by atoms with Crippen molar-refractivity contribution in [2.75, 3.05) is 0 Å². The summed E-state index contributed by atoms with van der Waals surface area (Å²) < 4.78 is 5.76. The second-order valence-corrected chi connectivity index (χ2v) is 7.30. The van der Waals surface area contributed by atoms with Gasteiger partial charge in [-0.15, -0.1) is 0 Å². The van der Waals surface area contributed by atoms with Gasteiger partial charge in [0.05, 0.1) is 0 Å². The molecular weight excluding hydrogens is 330 g/mol. The summed E-state index contributed by atoms with van der Waals surface area (Å²) in [6.07, 6.45) is 0.197. The van der Waals surface area contributed by atoms with Gasteiger partial charge in [-0.1, -0.05) is 29.8 Å². The van der Waals surface area contributed by atoms with Crippen LogP contribution < -0.4 is 10.1 Å². The summed E-state index contributed by atoms with van der Waals surface area (Å²) in [4.78, 5) is 23.9. The van der Waals surface area contributed by atoms with Crippen LogP contribution in [0.25, 0.3) is 0 Å². The number of hydrogen-bond acceptors (Lipinski definition) is 3. The molecule has 1 atom stereocenters. The molecule has 0 spiro atoms. The lowest BCUT2D eigenvalue weighted by atomic mass is 10.0. The van der Waals surface area contributed by atoms with Gasteiger partial charge in [-0.25, -0.2) is 4.79 Å². The van der Waals surface area contributed by atoms with E-state index in [-0.39, 0.29) is 12.0 Å². The smallest absolute Gasteiger partial charge is 0.326 e. The van der Waals surface area contributed by atoms with Gasteiger partial charge in [0.15, 0.2) is 0 Å². The number of carbonyl (C=O) groups is 2. The number of aliphatic carboxylic acids is 1. The molecule has 26 heavy (non-hydrogen) atoms. The van der Waals surface area contributed by atoms with Gasteiger partial charge in [0.2, 0.25) is 0 Å². The fourth-order valence-corrected chi connectivity index (χ4v) is 2.51.